The molecule has 0 unspecified atom stereocenters. The summed E-state index contributed by atoms with van der Waals surface area (Å²) in [5.74, 6) is 0.815. The average molecular weight is 565 g/mol. The van der Waals surface area contributed by atoms with Gasteiger partial charge in [0, 0.05) is 31.0 Å². The Morgan fingerprint density at radius 2 is 1.67 bits per heavy atom. The molecule has 2 aromatic carbocycles. The van der Waals surface area contributed by atoms with Crippen LogP contribution >= 0.6 is 11.3 Å². The number of rotatable bonds is 12. The minimum absolute atomic E-state index is 0.0658. The van der Waals surface area contributed by atoms with Crippen molar-refractivity contribution in [2.75, 3.05) is 32.2 Å². The summed E-state index contributed by atoms with van der Waals surface area (Å²) in [5, 5.41) is 0.432. The molecule has 0 saturated carbocycles. The predicted octanol–water partition coefficient (Wildman–Crippen LogP) is 4.92. The van der Waals surface area contributed by atoms with E-state index in [1.807, 2.05) is 6.07 Å². The van der Waals surface area contributed by atoms with Gasteiger partial charge in [0.25, 0.3) is 5.91 Å². The van der Waals surface area contributed by atoms with Crippen molar-refractivity contribution in [3.63, 3.8) is 0 Å². The smallest absolute Gasteiger partial charge is 0.260 e. The van der Waals surface area contributed by atoms with Crippen molar-refractivity contribution in [1.29, 1.82) is 0 Å². The number of fused-ring (bicyclic) bond motifs is 1. The molecular formula is C28H28N4O5S2. The van der Waals surface area contributed by atoms with E-state index in [4.69, 9.17) is 14.5 Å². The van der Waals surface area contributed by atoms with Crippen LogP contribution in [0.3, 0.4) is 0 Å². The van der Waals surface area contributed by atoms with Crippen molar-refractivity contribution < 1.29 is 22.7 Å². The highest BCUT2D eigenvalue weighted by atomic mass is 32.2. The Morgan fingerprint density at radius 3 is 2.26 bits per heavy atom. The molecule has 2 heterocycles. The van der Waals surface area contributed by atoms with Crippen LogP contribution in [0.4, 0.5) is 5.13 Å². The molecule has 0 aliphatic heterocycles. The Morgan fingerprint density at radius 1 is 1.00 bits per heavy atom. The number of aromatic nitrogens is 2. The topological polar surface area (TPSA) is 102 Å². The minimum Gasteiger partial charge on any atom is -0.495 e. The van der Waals surface area contributed by atoms with E-state index in [1.165, 1.54) is 57.0 Å². The van der Waals surface area contributed by atoms with E-state index < -0.39 is 10.0 Å². The maximum Gasteiger partial charge on any atom is 0.260 e. The second-order valence-electron chi connectivity index (χ2n) is 8.32. The van der Waals surface area contributed by atoms with Crippen molar-refractivity contribution in [2.24, 2.45) is 0 Å². The summed E-state index contributed by atoms with van der Waals surface area (Å²) in [4.78, 5) is 24.4. The van der Waals surface area contributed by atoms with Gasteiger partial charge in [-0.25, -0.2) is 13.4 Å². The predicted molar refractivity (Wildman–Crippen MR) is 153 cm³/mol. The summed E-state index contributed by atoms with van der Waals surface area (Å²) < 4.78 is 39.2. The van der Waals surface area contributed by atoms with Gasteiger partial charge in [0.2, 0.25) is 10.0 Å². The second kappa shape index (κ2) is 12.2. The van der Waals surface area contributed by atoms with Gasteiger partial charge in [-0.05, 0) is 48.0 Å². The molecule has 4 aromatic rings. The van der Waals surface area contributed by atoms with Crippen LogP contribution in [0.5, 0.6) is 11.5 Å². The zero-order valence-corrected chi connectivity index (χ0v) is 23.2. The normalized spacial score (nSPS) is 11.4. The quantitative estimate of drug-likeness (QED) is 0.225. The first-order valence-electron chi connectivity index (χ1n) is 11.9. The number of nitrogens with zero attached hydrogens (tertiary/aromatic N) is 4. The van der Waals surface area contributed by atoms with Gasteiger partial charge in [-0.3, -0.25) is 14.7 Å². The summed E-state index contributed by atoms with van der Waals surface area (Å²) >= 11 is 1.30. The first kappa shape index (κ1) is 28.0. The Bertz CT molecular complexity index is 1530. The highest BCUT2D eigenvalue weighted by molar-refractivity contribution is 7.89. The Labute approximate surface area is 231 Å². The zero-order chi connectivity index (χ0) is 28.0. The SMILES string of the molecule is C=CCN(CC=C)S(=O)(=O)c1ccc(C(=O)N(Cc2cccnc2)c2nc3c(OC)ccc(OC)c3s2)cc1. The van der Waals surface area contributed by atoms with Crippen molar-refractivity contribution >= 4 is 42.6 Å². The monoisotopic (exact) mass is 564 g/mol. The second-order valence-corrected chi connectivity index (χ2v) is 11.2. The van der Waals surface area contributed by atoms with Gasteiger partial charge < -0.3 is 9.47 Å². The fourth-order valence-electron chi connectivity index (χ4n) is 3.92. The van der Waals surface area contributed by atoms with E-state index in [0.717, 1.165) is 10.3 Å². The Hall–Kier alpha value is -4.06. The van der Waals surface area contributed by atoms with E-state index >= 15 is 0 Å². The van der Waals surface area contributed by atoms with Gasteiger partial charge in [-0.1, -0.05) is 29.6 Å². The maximum absolute atomic E-state index is 13.9. The first-order chi connectivity index (χ1) is 18.8. The molecule has 0 N–H and O–H groups in total. The Kier molecular flexibility index (Phi) is 8.75. The zero-order valence-electron chi connectivity index (χ0n) is 21.6. The first-order valence-corrected chi connectivity index (χ1v) is 14.1. The molecule has 0 spiro atoms. The van der Waals surface area contributed by atoms with Crippen LogP contribution < -0.4 is 14.4 Å². The van der Waals surface area contributed by atoms with Crippen LogP contribution in [0.25, 0.3) is 10.2 Å². The molecule has 9 nitrogen and oxygen atoms in total. The molecular weight excluding hydrogens is 536 g/mol. The van der Waals surface area contributed by atoms with Crippen molar-refractivity contribution in [3.8, 4) is 11.5 Å². The molecule has 2 aromatic heterocycles. The molecule has 0 fully saturated rings. The number of benzene rings is 2. The number of pyridine rings is 1. The molecule has 4 rings (SSSR count). The summed E-state index contributed by atoms with van der Waals surface area (Å²) in [5.41, 5.74) is 1.68. The molecule has 0 bridgehead atoms. The molecule has 0 aliphatic carbocycles. The third-order valence-electron chi connectivity index (χ3n) is 5.84. The molecule has 0 atom stereocenters. The number of anilines is 1. The third-order valence-corrected chi connectivity index (χ3v) is 8.78. The van der Waals surface area contributed by atoms with Crippen LogP contribution in [0.1, 0.15) is 15.9 Å². The number of hydrogen-bond donors (Lipinski definition) is 0. The molecule has 0 saturated heterocycles. The van der Waals surface area contributed by atoms with Crippen LogP contribution in [-0.4, -0.2) is 55.9 Å². The summed E-state index contributed by atoms with van der Waals surface area (Å²) in [7, 11) is -0.677. The lowest BCUT2D eigenvalue weighted by Crippen LogP contribution is -2.32. The van der Waals surface area contributed by atoms with Gasteiger partial charge in [0.1, 0.15) is 21.7 Å². The standard InChI is InChI=1S/C28H28N4O5S2/c1-5-16-31(17-6-2)39(34,35)22-11-9-21(10-12-22)27(33)32(19-20-8-7-15-29-18-20)28-30-25-23(36-3)13-14-24(37-4)26(25)38-28/h5-15,18H,1-2,16-17,19H2,3-4H3. The number of hydrogen-bond acceptors (Lipinski definition) is 8. The number of thiazole rings is 1. The Balaban J connectivity index is 1.74. The molecule has 0 radical (unpaired) electrons. The molecule has 1 amide bonds. The van der Waals surface area contributed by atoms with E-state index in [0.29, 0.717) is 27.7 Å². The number of ether oxygens (including phenoxy) is 2. The van der Waals surface area contributed by atoms with Crippen molar-refractivity contribution in [2.45, 2.75) is 11.4 Å². The summed E-state index contributed by atoms with van der Waals surface area (Å²) in [6.45, 7) is 7.74. The molecule has 39 heavy (non-hydrogen) atoms. The summed E-state index contributed by atoms with van der Waals surface area (Å²) in [6.07, 6.45) is 6.36. The van der Waals surface area contributed by atoms with Gasteiger partial charge in [-0.15, -0.1) is 13.2 Å². The lowest BCUT2D eigenvalue weighted by molar-refractivity contribution is 0.0985. The van der Waals surface area contributed by atoms with Crippen LogP contribution in [-0.2, 0) is 16.6 Å². The van der Waals surface area contributed by atoms with Gasteiger partial charge >= 0.3 is 0 Å². The van der Waals surface area contributed by atoms with Gasteiger partial charge in [0.15, 0.2) is 5.13 Å². The van der Waals surface area contributed by atoms with E-state index in [2.05, 4.69) is 18.1 Å². The highest BCUT2D eigenvalue weighted by Crippen LogP contribution is 2.40. The fraction of sp³-hybridized carbons (Fsp3) is 0.179. The summed E-state index contributed by atoms with van der Waals surface area (Å²) in [6, 6.07) is 13.1. The lowest BCUT2D eigenvalue weighted by Gasteiger charge is -2.21. The molecule has 0 aliphatic rings. The minimum atomic E-state index is -3.80. The number of carbonyl (C=O) groups excluding carboxylic acids is 1. The number of sulfonamides is 1. The van der Waals surface area contributed by atoms with Crippen LogP contribution in [0.2, 0.25) is 0 Å². The largest absolute Gasteiger partial charge is 0.495 e. The van der Waals surface area contributed by atoms with E-state index in [1.54, 1.807) is 44.8 Å². The van der Waals surface area contributed by atoms with Gasteiger partial charge in [0.05, 0.1) is 25.7 Å². The maximum atomic E-state index is 13.9. The van der Waals surface area contributed by atoms with Gasteiger partial charge in [-0.2, -0.15) is 4.31 Å². The van der Waals surface area contributed by atoms with Crippen molar-refractivity contribution in [3.05, 3.63) is 97.4 Å². The van der Waals surface area contributed by atoms with Crippen molar-refractivity contribution in [1.82, 2.24) is 14.3 Å². The highest BCUT2D eigenvalue weighted by Gasteiger charge is 2.26. The van der Waals surface area contributed by atoms with E-state index in [9.17, 15) is 13.2 Å². The number of carbonyl (C=O) groups is 1. The number of amides is 1. The molecule has 11 heteroatoms. The molecule has 202 valence electrons. The van der Waals surface area contributed by atoms with Crippen LogP contribution in [0, 0.1) is 0 Å². The average Bonchev–Trinajstić information content (AvgIpc) is 3.41. The fourth-order valence-corrected chi connectivity index (χ4v) is 6.38. The third kappa shape index (κ3) is 5.85. The lowest BCUT2D eigenvalue weighted by atomic mass is 10.2. The number of methoxy groups -OCH3 is 2. The van der Waals surface area contributed by atoms with Crippen LogP contribution in [0.15, 0.2) is 91.1 Å². The van der Waals surface area contributed by atoms with E-state index in [-0.39, 0.29) is 30.4 Å².